The molecule has 4 N–H and O–H groups in total. The van der Waals surface area contributed by atoms with E-state index in [4.69, 9.17) is 10.5 Å². The van der Waals surface area contributed by atoms with Crippen LogP contribution in [0.25, 0.3) is 0 Å². The van der Waals surface area contributed by atoms with Crippen LogP contribution in [0.15, 0.2) is 0 Å². The number of alkyl carbamates (subject to hydrolysis) is 1. The van der Waals surface area contributed by atoms with E-state index in [0.29, 0.717) is 18.5 Å². The van der Waals surface area contributed by atoms with Crippen LogP contribution in [0.1, 0.15) is 52.9 Å². The maximum absolute atomic E-state index is 11.7. The first-order chi connectivity index (χ1) is 9.42. The van der Waals surface area contributed by atoms with Crippen LogP contribution in [0, 0.1) is 5.92 Å². The normalized spacial score (nSPS) is 23.4. The quantitative estimate of drug-likeness (QED) is 0.652. The summed E-state index contributed by atoms with van der Waals surface area (Å²) >= 11 is 0. The standard InChI is InChI=1S/C15H31N3O2/c1-15(2,3)20-14(19)18-11-12-7-4-5-8-13(12)17-10-6-9-16/h12-13,17H,4-11,16H2,1-3H3,(H,18,19). The van der Waals surface area contributed by atoms with Crippen molar-refractivity contribution in [1.82, 2.24) is 10.6 Å². The van der Waals surface area contributed by atoms with Crippen molar-refractivity contribution >= 4 is 6.09 Å². The molecule has 1 amide bonds. The van der Waals surface area contributed by atoms with Gasteiger partial charge in [0.15, 0.2) is 0 Å². The number of nitrogens with two attached hydrogens (primary N) is 1. The van der Waals surface area contributed by atoms with E-state index in [9.17, 15) is 4.79 Å². The van der Waals surface area contributed by atoms with Crippen molar-refractivity contribution < 1.29 is 9.53 Å². The van der Waals surface area contributed by atoms with Crippen molar-refractivity contribution in [3.05, 3.63) is 0 Å². The Morgan fingerprint density at radius 2 is 2.00 bits per heavy atom. The lowest BCUT2D eigenvalue weighted by molar-refractivity contribution is 0.0510. The summed E-state index contributed by atoms with van der Waals surface area (Å²) in [6, 6.07) is 0.491. The molecular weight excluding hydrogens is 254 g/mol. The fraction of sp³-hybridized carbons (Fsp3) is 0.933. The lowest BCUT2D eigenvalue weighted by Crippen LogP contribution is -2.45. The van der Waals surface area contributed by atoms with Gasteiger partial charge in [0.05, 0.1) is 0 Å². The van der Waals surface area contributed by atoms with Gasteiger partial charge in [0.1, 0.15) is 5.60 Å². The third-order valence-electron chi connectivity index (χ3n) is 3.60. The van der Waals surface area contributed by atoms with Crippen molar-refractivity contribution in [3.63, 3.8) is 0 Å². The van der Waals surface area contributed by atoms with Crippen LogP contribution in [-0.2, 0) is 4.74 Å². The molecule has 0 aliphatic heterocycles. The van der Waals surface area contributed by atoms with Crippen molar-refractivity contribution in [3.8, 4) is 0 Å². The molecule has 1 aliphatic carbocycles. The van der Waals surface area contributed by atoms with E-state index in [1.54, 1.807) is 0 Å². The lowest BCUT2D eigenvalue weighted by Gasteiger charge is -2.32. The topological polar surface area (TPSA) is 76.4 Å². The van der Waals surface area contributed by atoms with E-state index in [2.05, 4.69) is 10.6 Å². The number of rotatable bonds is 6. The van der Waals surface area contributed by atoms with Gasteiger partial charge in [0.25, 0.3) is 0 Å². The lowest BCUT2D eigenvalue weighted by atomic mass is 9.84. The first-order valence-electron chi connectivity index (χ1n) is 7.82. The number of nitrogens with one attached hydrogen (secondary N) is 2. The second-order valence-corrected chi connectivity index (χ2v) is 6.63. The second-order valence-electron chi connectivity index (χ2n) is 6.63. The Kier molecular flexibility index (Phi) is 7.30. The van der Waals surface area contributed by atoms with Gasteiger partial charge in [-0.1, -0.05) is 12.8 Å². The molecule has 0 spiro atoms. The Bertz CT molecular complexity index is 289. The molecule has 20 heavy (non-hydrogen) atoms. The predicted octanol–water partition coefficient (Wildman–Crippen LogP) is 2.01. The summed E-state index contributed by atoms with van der Waals surface area (Å²) in [7, 11) is 0. The van der Waals surface area contributed by atoms with Crippen LogP contribution in [0.4, 0.5) is 4.79 Å². The van der Waals surface area contributed by atoms with Crippen LogP contribution in [0.5, 0.6) is 0 Å². The maximum Gasteiger partial charge on any atom is 0.407 e. The highest BCUT2D eigenvalue weighted by molar-refractivity contribution is 5.67. The van der Waals surface area contributed by atoms with Crippen molar-refractivity contribution in [2.45, 2.75) is 64.5 Å². The largest absolute Gasteiger partial charge is 0.444 e. The molecule has 2 unspecified atom stereocenters. The Morgan fingerprint density at radius 1 is 1.30 bits per heavy atom. The van der Waals surface area contributed by atoms with Gasteiger partial charge >= 0.3 is 6.09 Å². The summed E-state index contributed by atoms with van der Waals surface area (Å²) < 4.78 is 5.28. The van der Waals surface area contributed by atoms with E-state index in [-0.39, 0.29) is 6.09 Å². The van der Waals surface area contributed by atoms with Crippen molar-refractivity contribution in [2.24, 2.45) is 11.7 Å². The molecule has 0 aromatic heterocycles. The number of amides is 1. The minimum atomic E-state index is -0.435. The van der Waals surface area contributed by atoms with E-state index < -0.39 is 5.60 Å². The van der Waals surface area contributed by atoms with E-state index in [1.165, 1.54) is 19.3 Å². The highest BCUT2D eigenvalue weighted by atomic mass is 16.6. The van der Waals surface area contributed by atoms with Gasteiger partial charge in [0, 0.05) is 12.6 Å². The van der Waals surface area contributed by atoms with Gasteiger partial charge in [-0.15, -0.1) is 0 Å². The molecule has 5 nitrogen and oxygen atoms in total. The zero-order chi connectivity index (χ0) is 15.0. The number of carbonyl (C=O) groups is 1. The smallest absolute Gasteiger partial charge is 0.407 e. The summed E-state index contributed by atoms with van der Waals surface area (Å²) in [5.74, 6) is 0.494. The molecule has 1 rings (SSSR count). The molecule has 0 saturated heterocycles. The number of hydrogen-bond donors (Lipinski definition) is 3. The van der Waals surface area contributed by atoms with Gasteiger partial charge in [-0.3, -0.25) is 0 Å². The van der Waals surface area contributed by atoms with Crippen LogP contribution >= 0.6 is 0 Å². The van der Waals surface area contributed by atoms with Crippen LogP contribution in [0.3, 0.4) is 0 Å². The Hall–Kier alpha value is -0.810. The highest BCUT2D eigenvalue weighted by Gasteiger charge is 2.25. The molecule has 0 aromatic carbocycles. The van der Waals surface area contributed by atoms with Gasteiger partial charge < -0.3 is 21.1 Å². The zero-order valence-electron chi connectivity index (χ0n) is 13.2. The summed E-state index contributed by atoms with van der Waals surface area (Å²) in [5.41, 5.74) is 5.09. The molecule has 1 fully saturated rings. The number of hydrogen-bond acceptors (Lipinski definition) is 4. The first-order valence-corrected chi connectivity index (χ1v) is 7.82. The summed E-state index contributed by atoms with van der Waals surface area (Å²) in [5, 5.41) is 6.48. The minimum absolute atomic E-state index is 0.316. The fourth-order valence-electron chi connectivity index (χ4n) is 2.64. The van der Waals surface area contributed by atoms with Gasteiger partial charge in [-0.2, -0.15) is 0 Å². The predicted molar refractivity (Wildman–Crippen MR) is 81.7 cm³/mol. The molecular formula is C15H31N3O2. The van der Waals surface area contributed by atoms with Crippen molar-refractivity contribution in [1.29, 1.82) is 0 Å². The maximum atomic E-state index is 11.7. The molecule has 0 radical (unpaired) electrons. The van der Waals surface area contributed by atoms with Crippen LogP contribution in [0.2, 0.25) is 0 Å². The Balaban J connectivity index is 2.33. The Labute approximate surface area is 123 Å². The van der Waals surface area contributed by atoms with Gasteiger partial charge in [-0.25, -0.2) is 4.79 Å². The average molecular weight is 285 g/mol. The third-order valence-corrected chi connectivity index (χ3v) is 3.60. The molecule has 1 aliphatic rings. The van der Waals surface area contributed by atoms with E-state index in [0.717, 1.165) is 25.9 Å². The van der Waals surface area contributed by atoms with Gasteiger partial charge in [0.2, 0.25) is 0 Å². The molecule has 0 bridgehead atoms. The zero-order valence-corrected chi connectivity index (χ0v) is 13.2. The van der Waals surface area contributed by atoms with Crippen molar-refractivity contribution in [2.75, 3.05) is 19.6 Å². The third kappa shape index (κ3) is 7.10. The fourth-order valence-corrected chi connectivity index (χ4v) is 2.64. The average Bonchev–Trinajstić information content (AvgIpc) is 2.36. The van der Waals surface area contributed by atoms with Gasteiger partial charge in [-0.05, 0) is 59.0 Å². The molecule has 118 valence electrons. The molecule has 0 aromatic rings. The summed E-state index contributed by atoms with van der Waals surface area (Å²) in [4.78, 5) is 11.7. The first kappa shape index (κ1) is 17.2. The monoisotopic (exact) mass is 285 g/mol. The summed E-state index contributed by atoms with van der Waals surface area (Å²) in [6.45, 7) is 8.01. The van der Waals surface area contributed by atoms with Crippen LogP contribution in [-0.4, -0.2) is 37.4 Å². The molecule has 1 saturated carbocycles. The van der Waals surface area contributed by atoms with E-state index >= 15 is 0 Å². The molecule has 2 atom stereocenters. The second kappa shape index (κ2) is 8.47. The molecule has 0 heterocycles. The SMILES string of the molecule is CC(C)(C)OC(=O)NCC1CCCCC1NCCCN. The number of carbonyl (C=O) groups excluding carboxylic acids is 1. The molecule has 5 heteroatoms. The Morgan fingerprint density at radius 3 is 2.65 bits per heavy atom. The highest BCUT2D eigenvalue weighted by Crippen LogP contribution is 2.24. The number of ether oxygens (including phenoxy) is 1. The minimum Gasteiger partial charge on any atom is -0.444 e. The van der Waals surface area contributed by atoms with Crippen LogP contribution < -0.4 is 16.4 Å². The van der Waals surface area contributed by atoms with E-state index in [1.807, 2.05) is 20.8 Å². The summed E-state index contributed by atoms with van der Waals surface area (Å²) in [6.07, 6.45) is 5.55.